The van der Waals surface area contributed by atoms with Gasteiger partial charge in [-0.05, 0) is 25.6 Å². The lowest BCUT2D eigenvalue weighted by Gasteiger charge is -2.26. The van der Waals surface area contributed by atoms with Crippen LogP contribution in [0.4, 0.5) is 0 Å². The van der Waals surface area contributed by atoms with E-state index in [1.807, 2.05) is 18.7 Å². The lowest BCUT2D eigenvalue weighted by Crippen LogP contribution is -2.42. The van der Waals surface area contributed by atoms with Crippen LogP contribution in [0.25, 0.3) is 0 Å². The number of hydrogen-bond acceptors (Lipinski definition) is 4. The minimum atomic E-state index is 0.762. The van der Waals surface area contributed by atoms with Gasteiger partial charge in [-0.3, -0.25) is 4.90 Å². The Labute approximate surface area is 120 Å². The Balaban J connectivity index is 1.89. The van der Waals surface area contributed by atoms with Crippen LogP contribution in [0.5, 0.6) is 0 Å². The van der Waals surface area contributed by atoms with Crippen LogP contribution in [0, 0.1) is 0 Å². The third-order valence-corrected chi connectivity index (χ3v) is 4.00. The Morgan fingerprint density at radius 2 is 2.00 bits per heavy atom. The van der Waals surface area contributed by atoms with E-state index in [0.717, 1.165) is 44.4 Å². The molecule has 106 valence electrons. The van der Waals surface area contributed by atoms with Crippen LogP contribution in [0.1, 0.15) is 13.3 Å². The Morgan fingerprint density at radius 1 is 1.28 bits per heavy atom. The summed E-state index contributed by atoms with van der Waals surface area (Å²) in [5.41, 5.74) is 0. The minimum Gasteiger partial charge on any atom is -0.382 e. The fraction of sp³-hybridized carbons (Fsp3) is 0.917. The predicted molar refractivity (Wildman–Crippen MR) is 83.5 cm³/mol. The molecule has 0 spiro atoms. The van der Waals surface area contributed by atoms with E-state index >= 15 is 0 Å². The number of thiocarbonyl (C=S) groups is 1. The van der Waals surface area contributed by atoms with Gasteiger partial charge in [-0.15, -0.1) is 0 Å². The molecule has 0 bridgehead atoms. The summed E-state index contributed by atoms with van der Waals surface area (Å²) >= 11 is 7.26. The lowest BCUT2D eigenvalue weighted by atomic mass is 10.4. The van der Waals surface area contributed by atoms with E-state index in [1.165, 1.54) is 24.6 Å². The first-order chi connectivity index (χ1) is 8.83. The first-order valence-electron chi connectivity index (χ1n) is 6.72. The number of ether oxygens (including phenoxy) is 1. The molecule has 0 saturated carbocycles. The first kappa shape index (κ1) is 16.0. The van der Waals surface area contributed by atoms with E-state index in [-0.39, 0.29) is 0 Å². The van der Waals surface area contributed by atoms with Gasteiger partial charge in [0, 0.05) is 57.4 Å². The summed E-state index contributed by atoms with van der Waals surface area (Å²) in [6.07, 6.45) is 0.999. The van der Waals surface area contributed by atoms with E-state index in [2.05, 4.69) is 15.5 Å². The van der Waals surface area contributed by atoms with Crippen LogP contribution < -0.4 is 10.6 Å². The van der Waals surface area contributed by atoms with E-state index in [1.54, 1.807) is 0 Å². The average molecular weight is 291 g/mol. The van der Waals surface area contributed by atoms with Gasteiger partial charge < -0.3 is 15.4 Å². The van der Waals surface area contributed by atoms with Gasteiger partial charge in [-0.1, -0.05) is 0 Å². The molecule has 0 aromatic rings. The highest BCUT2D eigenvalue weighted by atomic mass is 32.2. The van der Waals surface area contributed by atoms with Crippen molar-refractivity contribution in [3.05, 3.63) is 0 Å². The molecule has 0 aromatic heterocycles. The van der Waals surface area contributed by atoms with Crippen molar-refractivity contribution in [2.75, 3.05) is 57.4 Å². The van der Waals surface area contributed by atoms with Gasteiger partial charge in [-0.2, -0.15) is 11.8 Å². The molecule has 1 aliphatic rings. The van der Waals surface area contributed by atoms with Crippen LogP contribution >= 0.6 is 24.0 Å². The minimum absolute atomic E-state index is 0.762. The second-order valence-corrected chi connectivity index (χ2v) is 5.82. The van der Waals surface area contributed by atoms with Gasteiger partial charge in [0.05, 0.1) is 0 Å². The highest BCUT2D eigenvalue weighted by Crippen LogP contribution is 2.07. The topological polar surface area (TPSA) is 36.5 Å². The standard InChI is InChI=1S/C12H25N3OS2/c1-2-16-9-3-4-13-12(17)14-5-6-15-7-10-18-11-8-15/h2-11H2,1H3,(H2,13,14,17). The van der Waals surface area contributed by atoms with Crippen molar-refractivity contribution in [1.82, 2.24) is 15.5 Å². The zero-order chi connectivity index (χ0) is 13.1. The quantitative estimate of drug-likeness (QED) is 0.512. The molecule has 4 nitrogen and oxygen atoms in total. The van der Waals surface area contributed by atoms with E-state index < -0.39 is 0 Å². The van der Waals surface area contributed by atoms with Crippen molar-refractivity contribution in [3.8, 4) is 0 Å². The fourth-order valence-electron chi connectivity index (χ4n) is 1.74. The maximum absolute atomic E-state index is 5.26. The SMILES string of the molecule is CCOCCCNC(=S)NCCN1CCSCC1. The molecule has 0 aromatic carbocycles. The average Bonchev–Trinajstić information content (AvgIpc) is 2.40. The highest BCUT2D eigenvalue weighted by molar-refractivity contribution is 7.99. The fourth-order valence-corrected chi connectivity index (χ4v) is 2.92. The number of hydrogen-bond donors (Lipinski definition) is 2. The summed E-state index contributed by atoms with van der Waals surface area (Å²) in [5.74, 6) is 2.53. The number of nitrogens with one attached hydrogen (secondary N) is 2. The van der Waals surface area contributed by atoms with Crippen LogP contribution in [0.15, 0.2) is 0 Å². The van der Waals surface area contributed by atoms with Gasteiger partial charge in [0.25, 0.3) is 0 Å². The normalized spacial score (nSPS) is 16.5. The molecule has 1 rings (SSSR count). The van der Waals surface area contributed by atoms with Crippen LogP contribution in [-0.2, 0) is 4.74 Å². The lowest BCUT2D eigenvalue weighted by molar-refractivity contribution is 0.145. The Morgan fingerprint density at radius 3 is 2.72 bits per heavy atom. The van der Waals surface area contributed by atoms with Crippen molar-refractivity contribution in [1.29, 1.82) is 0 Å². The van der Waals surface area contributed by atoms with Crippen molar-refractivity contribution in [2.45, 2.75) is 13.3 Å². The Kier molecular flexibility index (Phi) is 9.65. The van der Waals surface area contributed by atoms with Gasteiger partial charge >= 0.3 is 0 Å². The molecular formula is C12H25N3OS2. The zero-order valence-electron chi connectivity index (χ0n) is 11.2. The highest BCUT2D eigenvalue weighted by Gasteiger charge is 2.09. The van der Waals surface area contributed by atoms with E-state index in [9.17, 15) is 0 Å². The Hall–Kier alpha value is -0.0400. The first-order valence-corrected chi connectivity index (χ1v) is 8.28. The molecule has 0 aliphatic carbocycles. The summed E-state index contributed by atoms with van der Waals surface area (Å²) in [6.45, 7) is 8.92. The van der Waals surface area contributed by atoms with Crippen molar-refractivity contribution in [2.24, 2.45) is 0 Å². The smallest absolute Gasteiger partial charge is 0.166 e. The molecule has 2 N–H and O–H groups in total. The Bertz CT molecular complexity index is 223. The molecular weight excluding hydrogens is 266 g/mol. The van der Waals surface area contributed by atoms with Crippen molar-refractivity contribution in [3.63, 3.8) is 0 Å². The third-order valence-electron chi connectivity index (χ3n) is 2.77. The second kappa shape index (κ2) is 10.8. The molecule has 1 saturated heterocycles. The molecule has 1 heterocycles. The summed E-state index contributed by atoms with van der Waals surface area (Å²) in [6, 6.07) is 0. The largest absolute Gasteiger partial charge is 0.382 e. The molecule has 0 radical (unpaired) electrons. The predicted octanol–water partition coefficient (Wildman–Crippen LogP) is 0.926. The van der Waals surface area contributed by atoms with Crippen molar-refractivity contribution >= 4 is 29.1 Å². The van der Waals surface area contributed by atoms with E-state index in [0.29, 0.717) is 0 Å². The summed E-state index contributed by atoms with van der Waals surface area (Å²) < 4.78 is 5.26. The number of thioether (sulfide) groups is 1. The molecule has 6 heteroatoms. The number of rotatable bonds is 8. The monoisotopic (exact) mass is 291 g/mol. The van der Waals surface area contributed by atoms with Gasteiger partial charge in [-0.25, -0.2) is 0 Å². The van der Waals surface area contributed by atoms with Crippen LogP contribution in [-0.4, -0.2) is 67.5 Å². The molecule has 0 unspecified atom stereocenters. The molecule has 0 atom stereocenters. The van der Waals surface area contributed by atoms with Crippen molar-refractivity contribution < 1.29 is 4.74 Å². The van der Waals surface area contributed by atoms with Gasteiger partial charge in [0.1, 0.15) is 0 Å². The summed E-state index contributed by atoms with van der Waals surface area (Å²) in [7, 11) is 0. The van der Waals surface area contributed by atoms with E-state index in [4.69, 9.17) is 17.0 Å². The molecule has 1 aliphatic heterocycles. The summed E-state index contributed by atoms with van der Waals surface area (Å²) in [4.78, 5) is 2.49. The molecule has 0 amide bonds. The third kappa shape index (κ3) is 8.13. The maximum atomic E-state index is 5.26. The maximum Gasteiger partial charge on any atom is 0.166 e. The molecule has 1 fully saturated rings. The molecule has 18 heavy (non-hydrogen) atoms. The number of nitrogens with zero attached hydrogens (tertiary/aromatic N) is 1. The zero-order valence-corrected chi connectivity index (χ0v) is 12.9. The summed E-state index contributed by atoms with van der Waals surface area (Å²) in [5, 5.41) is 7.21. The second-order valence-electron chi connectivity index (χ2n) is 4.19. The van der Waals surface area contributed by atoms with Gasteiger partial charge in [0.2, 0.25) is 0 Å². The van der Waals surface area contributed by atoms with Crippen LogP contribution in [0.3, 0.4) is 0 Å². The van der Waals surface area contributed by atoms with Crippen LogP contribution in [0.2, 0.25) is 0 Å². The van der Waals surface area contributed by atoms with Gasteiger partial charge in [0.15, 0.2) is 5.11 Å².